The molecule has 0 radical (unpaired) electrons. The lowest BCUT2D eigenvalue weighted by atomic mass is 10.2. The largest absolute Gasteiger partial charge is 0.496 e. The topological polar surface area (TPSA) is 42.0 Å². The summed E-state index contributed by atoms with van der Waals surface area (Å²) in [6.07, 6.45) is 0.705. The maximum absolute atomic E-state index is 12.2. The smallest absolute Gasteiger partial charge is 0.410 e. The Kier molecular flexibility index (Phi) is 8.07. The lowest BCUT2D eigenvalue weighted by Gasteiger charge is -2.27. The summed E-state index contributed by atoms with van der Waals surface area (Å²) < 4.78 is 10.9. The number of anilines is 1. The maximum Gasteiger partial charge on any atom is 0.410 e. The number of hydrogen-bond acceptors (Lipinski definition) is 4. The average molecular weight is 351 g/mol. The number of aryl methyl sites for hydroxylation is 1. The maximum atomic E-state index is 12.2. The first kappa shape index (κ1) is 21.1. The third-order valence-electron chi connectivity index (χ3n) is 3.90. The van der Waals surface area contributed by atoms with E-state index in [0.29, 0.717) is 6.54 Å². The van der Waals surface area contributed by atoms with Crippen LogP contribution in [-0.4, -0.2) is 49.9 Å². The van der Waals surface area contributed by atoms with Gasteiger partial charge in [0, 0.05) is 37.9 Å². The van der Waals surface area contributed by atoms with Gasteiger partial charge in [-0.15, -0.1) is 0 Å². The third kappa shape index (κ3) is 6.48. The molecule has 1 aromatic rings. The SMILES string of the molecule is CC.COc1cc(N2CCCN(C(=O)OC(C)(C)C)CC2)ccc1C. The van der Waals surface area contributed by atoms with Crippen LogP contribution < -0.4 is 9.64 Å². The minimum Gasteiger partial charge on any atom is -0.496 e. The normalized spacial score (nSPS) is 15.0. The number of nitrogens with zero attached hydrogens (tertiary/aromatic N) is 2. The molecule has 1 aromatic carbocycles. The predicted octanol–water partition coefficient (Wildman–Crippen LogP) is 4.48. The van der Waals surface area contributed by atoms with E-state index in [1.165, 1.54) is 0 Å². The van der Waals surface area contributed by atoms with Crippen LogP contribution in [-0.2, 0) is 4.74 Å². The van der Waals surface area contributed by atoms with Gasteiger partial charge in [0.15, 0.2) is 0 Å². The van der Waals surface area contributed by atoms with Crippen LogP contribution >= 0.6 is 0 Å². The Morgan fingerprint density at radius 3 is 2.36 bits per heavy atom. The van der Waals surface area contributed by atoms with Crippen molar-refractivity contribution in [3.8, 4) is 5.75 Å². The van der Waals surface area contributed by atoms with Gasteiger partial charge in [0.1, 0.15) is 11.4 Å². The van der Waals surface area contributed by atoms with Crippen molar-refractivity contribution in [1.29, 1.82) is 0 Å². The molecule has 1 saturated heterocycles. The zero-order valence-electron chi connectivity index (χ0n) is 16.9. The molecule has 25 heavy (non-hydrogen) atoms. The molecule has 1 aliphatic rings. The zero-order chi connectivity index (χ0) is 19.0. The molecule has 5 nitrogen and oxygen atoms in total. The highest BCUT2D eigenvalue weighted by Crippen LogP contribution is 2.26. The van der Waals surface area contributed by atoms with Crippen LogP contribution in [0.3, 0.4) is 0 Å². The number of carbonyl (C=O) groups excluding carboxylic acids is 1. The molecule has 1 amide bonds. The lowest BCUT2D eigenvalue weighted by Crippen LogP contribution is -2.39. The van der Waals surface area contributed by atoms with Crippen molar-refractivity contribution in [1.82, 2.24) is 4.90 Å². The van der Waals surface area contributed by atoms with Gasteiger partial charge in [-0.25, -0.2) is 4.79 Å². The molecule has 0 bridgehead atoms. The van der Waals surface area contributed by atoms with Gasteiger partial charge in [0.25, 0.3) is 0 Å². The van der Waals surface area contributed by atoms with Gasteiger partial charge < -0.3 is 19.3 Å². The fourth-order valence-corrected chi connectivity index (χ4v) is 2.69. The minimum absolute atomic E-state index is 0.221. The van der Waals surface area contributed by atoms with E-state index in [0.717, 1.165) is 43.1 Å². The highest BCUT2D eigenvalue weighted by Gasteiger charge is 2.24. The molecule has 2 rings (SSSR count). The number of methoxy groups -OCH3 is 1. The molecule has 0 saturated carbocycles. The molecular weight excluding hydrogens is 316 g/mol. The summed E-state index contributed by atoms with van der Waals surface area (Å²) in [6.45, 7) is 14.8. The van der Waals surface area contributed by atoms with E-state index < -0.39 is 5.60 Å². The summed E-state index contributed by atoms with van der Waals surface area (Å²) in [5.74, 6) is 0.899. The van der Waals surface area contributed by atoms with Crippen LogP contribution in [0.1, 0.15) is 46.6 Å². The van der Waals surface area contributed by atoms with Crippen molar-refractivity contribution < 1.29 is 14.3 Å². The first-order chi connectivity index (χ1) is 11.8. The van der Waals surface area contributed by atoms with Gasteiger partial charge >= 0.3 is 6.09 Å². The molecule has 0 N–H and O–H groups in total. The first-order valence-corrected chi connectivity index (χ1v) is 9.17. The summed E-state index contributed by atoms with van der Waals surface area (Å²) in [7, 11) is 1.69. The zero-order valence-corrected chi connectivity index (χ0v) is 16.9. The van der Waals surface area contributed by atoms with Crippen LogP contribution in [0, 0.1) is 6.92 Å². The van der Waals surface area contributed by atoms with Crippen molar-refractivity contribution >= 4 is 11.8 Å². The molecule has 1 heterocycles. The molecule has 5 heteroatoms. The third-order valence-corrected chi connectivity index (χ3v) is 3.90. The first-order valence-electron chi connectivity index (χ1n) is 9.17. The van der Waals surface area contributed by atoms with Crippen molar-refractivity contribution in [3.63, 3.8) is 0 Å². The second-order valence-electron chi connectivity index (χ2n) is 6.96. The standard InChI is InChI=1S/C18H28N2O3.C2H6/c1-14-7-8-15(13-16(14)22-5)19-9-6-10-20(12-11-19)17(21)23-18(2,3)4;1-2/h7-8,13H,6,9-12H2,1-5H3;1-2H3. The van der Waals surface area contributed by atoms with Crippen molar-refractivity contribution in [3.05, 3.63) is 23.8 Å². The molecule has 0 atom stereocenters. The Hall–Kier alpha value is -1.91. The summed E-state index contributed by atoms with van der Waals surface area (Å²) in [5, 5.41) is 0. The molecule has 0 aromatic heterocycles. The average Bonchev–Trinajstić information content (AvgIpc) is 2.82. The van der Waals surface area contributed by atoms with Gasteiger partial charge in [-0.2, -0.15) is 0 Å². The molecule has 1 fully saturated rings. The predicted molar refractivity (Wildman–Crippen MR) is 104 cm³/mol. The monoisotopic (exact) mass is 350 g/mol. The quantitative estimate of drug-likeness (QED) is 0.789. The van der Waals surface area contributed by atoms with E-state index in [4.69, 9.17) is 9.47 Å². The summed E-state index contributed by atoms with van der Waals surface area (Å²) in [4.78, 5) is 16.3. The Morgan fingerprint density at radius 2 is 1.76 bits per heavy atom. The Morgan fingerprint density at radius 1 is 1.08 bits per heavy atom. The van der Waals surface area contributed by atoms with Crippen molar-refractivity contribution in [2.45, 2.75) is 53.6 Å². The number of ether oxygens (including phenoxy) is 2. The van der Waals surface area contributed by atoms with Crippen molar-refractivity contribution in [2.75, 3.05) is 38.2 Å². The second kappa shape index (κ2) is 9.54. The fraction of sp³-hybridized carbons (Fsp3) is 0.650. The summed E-state index contributed by atoms with van der Waals surface area (Å²) in [5.41, 5.74) is 1.81. The second-order valence-corrected chi connectivity index (χ2v) is 6.96. The Bertz CT molecular complexity index is 552. The van der Waals surface area contributed by atoms with Gasteiger partial charge in [-0.1, -0.05) is 19.9 Å². The fourth-order valence-electron chi connectivity index (χ4n) is 2.69. The molecule has 0 unspecified atom stereocenters. The van der Waals surface area contributed by atoms with Gasteiger partial charge in [-0.3, -0.25) is 0 Å². The molecule has 0 spiro atoms. The summed E-state index contributed by atoms with van der Waals surface area (Å²) >= 11 is 0. The van der Waals surface area contributed by atoms with Crippen LogP contribution in [0.5, 0.6) is 5.75 Å². The van der Waals surface area contributed by atoms with E-state index >= 15 is 0 Å². The van der Waals surface area contributed by atoms with Crippen LogP contribution in [0.2, 0.25) is 0 Å². The highest BCUT2D eigenvalue weighted by atomic mass is 16.6. The van der Waals surface area contributed by atoms with Gasteiger partial charge in [0.05, 0.1) is 7.11 Å². The number of hydrogen-bond donors (Lipinski definition) is 0. The van der Waals surface area contributed by atoms with E-state index in [1.807, 2.05) is 41.5 Å². The van der Waals surface area contributed by atoms with E-state index in [1.54, 1.807) is 12.0 Å². The number of carbonyl (C=O) groups is 1. The number of benzene rings is 1. The Labute approximate surface area is 152 Å². The molecular formula is C20H34N2O3. The van der Waals surface area contributed by atoms with Crippen LogP contribution in [0.15, 0.2) is 18.2 Å². The van der Waals surface area contributed by atoms with E-state index in [2.05, 4.69) is 23.1 Å². The van der Waals surface area contributed by atoms with Crippen molar-refractivity contribution in [2.24, 2.45) is 0 Å². The lowest BCUT2D eigenvalue weighted by molar-refractivity contribution is 0.0263. The van der Waals surface area contributed by atoms with Crippen LogP contribution in [0.25, 0.3) is 0 Å². The van der Waals surface area contributed by atoms with E-state index in [9.17, 15) is 4.79 Å². The van der Waals surface area contributed by atoms with E-state index in [-0.39, 0.29) is 6.09 Å². The van der Waals surface area contributed by atoms with Crippen LogP contribution in [0.4, 0.5) is 10.5 Å². The molecule has 142 valence electrons. The summed E-state index contributed by atoms with van der Waals surface area (Å²) in [6, 6.07) is 6.25. The molecule has 1 aliphatic heterocycles. The minimum atomic E-state index is -0.451. The van der Waals surface area contributed by atoms with Gasteiger partial charge in [0.2, 0.25) is 0 Å². The van der Waals surface area contributed by atoms with Gasteiger partial charge in [-0.05, 0) is 45.7 Å². The Balaban J connectivity index is 0.00000151. The number of rotatable bonds is 2. The number of amides is 1. The molecule has 0 aliphatic carbocycles. The highest BCUT2D eigenvalue weighted by molar-refractivity contribution is 5.68.